The molecule has 30 heavy (non-hydrogen) atoms. The minimum absolute atomic E-state index is 0.143. The van der Waals surface area contributed by atoms with Crippen LogP contribution in [0.25, 0.3) is 0 Å². The summed E-state index contributed by atoms with van der Waals surface area (Å²) in [4.78, 5) is 5.60. The number of hydrogen-bond donors (Lipinski definition) is 0. The van der Waals surface area contributed by atoms with Gasteiger partial charge in [-0.1, -0.05) is 13.0 Å². The van der Waals surface area contributed by atoms with Gasteiger partial charge < -0.3 is 9.47 Å². The third-order valence-electron chi connectivity index (χ3n) is 9.29. The van der Waals surface area contributed by atoms with Crippen molar-refractivity contribution in [3.8, 4) is 5.75 Å². The number of ether oxygens (including phenoxy) is 2. The van der Waals surface area contributed by atoms with Crippen molar-refractivity contribution in [1.82, 2.24) is 9.80 Å². The van der Waals surface area contributed by atoms with Gasteiger partial charge in [0.25, 0.3) is 0 Å². The fourth-order valence-corrected chi connectivity index (χ4v) is 7.43. The van der Waals surface area contributed by atoms with E-state index in [0.717, 1.165) is 24.7 Å². The second-order valence-corrected chi connectivity index (χ2v) is 10.8. The average Bonchev–Trinajstić information content (AvgIpc) is 3.42. The average molecular weight is 411 g/mol. The van der Waals surface area contributed by atoms with Gasteiger partial charge >= 0.3 is 0 Å². The zero-order valence-electron chi connectivity index (χ0n) is 18.9. The van der Waals surface area contributed by atoms with E-state index in [4.69, 9.17) is 9.47 Å². The molecule has 6 rings (SSSR count). The molecule has 4 atom stereocenters. The smallest absolute Gasteiger partial charge is 0.119 e. The second-order valence-electron chi connectivity index (χ2n) is 10.8. The number of piperidine rings is 1. The highest BCUT2D eigenvalue weighted by atomic mass is 16.5. The van der Waals surface area contributed by atoms with Crippen LogP contribution in [0.1, 0.15) is 63.0 Å². The van der Waals surface area contributed by atoms with Gasteiger partial charge in [-0.25, -0.2) is 0 Å². The van der Waals surface area contributed by atoms with Gasteiger partial charge in [-0.2, -0.15) is 0 Å². The molecule has 4 nitrogen and oxygen atoms in total. The minimum Gasteiger partial charge on any atom is -0.497 e. The third kappa shape index (κ3) is 2.90. The van der Waals surface area contributed by atoms with E-state index in [1.807, 2.05) is 0 Å². The number of likely N-dealkylation sites (tertiary alicyclic amines) is 2. The zero-order valence-corrected chi connectivity index (χ0v) is 18.9. The topological polar surface area (TPSA) is 24.9 Å². The van der Waals surface area contributed by atoms with E-state index in [0.29, 0.717) is 12.1 Å². The van der Waals surface area contributed by atoms with E-state index in [2.05, 4.69) is 34.9 Å². The van der Waals surface area contributed by atoms with Gasteiger partial charge in [0.15, 0.2) is 0 Å². The van der Waals surface area contributed by atoms with Crippen LogP contribution in [0.15, 0.2) is 18.2 Å². The molecular weight excluding hydrogens is 372 g/mol. The van der Waals surface area contributed by atoms with Gasteiger partial charge in [0.1, 0.15) is 5.75 Å². The van der Waals surface area contributed by atoms with E-state index in [9.17, 15) is 0 Å². The van der Waals surface area contributed by atoms with Gasteiger partial charge in [0, 0.05) is 23.5 Å². The predicted octanol–water partition coefficient (Wildman–Crippen LogP) is 4.01. The first-order valence-corrected chi connectivity index (χ1v) is 12.5. The summed E-state index contributed by atoms with van der Waals surface area (Å²) < 4.78 is 12.7. The van der Waals surface area contributed by atoms with Crippen molar-refractivity contribution < 1.29 is 9.47 Å². The van der Waals surface area contributed by atoms with Gasteiger partial charge in [-0.3, -0.25) is 9.80 Å². The van der Waals surface area contributed by atoms with E-state index < -0.39 is 0 Å². The van der Waals surface area contributed by atoms with E-state index >= 15 is 0 Å². The molecule has 0 N–H and O–H groups in total. The van der Waals surface area contributed by atoms with Crippen molar-refractivity contribution in [1.29, 1.82) is 0 Å². The maximum absolute atomic E-state index is 7.00. The van der Waals surface area contributed by atoms with Crippen LogP contribution in [0.4, 0.5) is 0 Å². The summed E-state index contributed by atoms with van der Waals surface area (Å²) in [5.41, 5.74) is 3.44. The monoisotopic (exact) mass is 410 g/mol. The highest BCUT2D eigenvalue weighted by Gasteiger charge is 2.61. The molecule has 1 unspecified atom stereocenters. The second kappa shape index (κ2) is 7.21. The van der Waals surface area contributed by atoms with E-state index in [1.54, 1.807) is 18.2 Å². The van der Waals surface area contributed by atoms with Gasteiger partial charge in [-0.15, -0.1) is 0 Å². The normalized spacial score (nSPS) is 38.9. The van der Waals surface area contributed by atoms with Crippen LogP contribution in [-0.2, 0) is 16.6 Å². The summed E-state index contributed by atoms with van der Waals surface area (Å²) in [6.45, 7) is 8.34. The molecule has 0 amide bonds. The highest BCUT2D eigenvalue weighted by Crippen LogP contribution is 2.56. The van der Waals surface area contributed by atoms with E-state index in [1.165, 1.54) is 71.1 Å². The maximum Gasteiger partial charge on any atom is 0.119 e. The van der Waals surface area contributed by atoms with Crippen LogP contribution in [0, 0.1) is 5.92 Å². The first-order chi connectivity index (χ1) is 14.7. The number of rotatable bonds is 5. The van der Waals surface area contributed by atoms with Crippen LogP contribution in [0.2, 0.25) is 0 Å². The highest BCUT2D eigenvalue weighted by molar-refractivity contribution is 5.47. The minimum atomic E-state index is 0.143. The van der Waals surface area contributed by atoms with Gasteiger partial charge in [0.05, 0.1) is 19.8 Å². The molecule has 1 aromatic rings. The zero-order chi connectivity index (χ0) is 20.3. The van der Waals surface area contributed by atoms with Crippen molar-refractivity contribution >= 4 is 0 Å². The van der Waals surface area contributed by atoms with Crippen LogP contribution in [-0.4, -0.2) is 67.4 Å². The summed E-state index contributed by atoms with van der Waals surface area (Å²) in [7, 11) is 1.80. The molecule has 4 fully saturated rings. The third-order valence-corrected chi connectivity index (χ3v) is 9.29. The lowest BCUT2D eigenvalue weighted by molar-refractivity contribution is -0.179. The number of hydrogen-bond acceptors (Lipinski definition) is 4. The predicted molar refractivity (Wildman–Crippen MR) is 119 cm³/mol. The van der Waals surface area contributed by atoms with Crippen LogP contribution < -0.4 is 4.74 Å². The van der Waals surface area contributed by atoms with Crippen molar-refractivity contribution in [3.05, 3.63) is 29.3 Å². The largest absolute Gasteiger partial charge is 0.497 e. The Labute approximate surface area is 181 Å². The Morgan fingerprint density at radius 2 is 2.00 bits per heavy atom. The van der Waals surface area contributed by atoms with Crippen LogP contribution in [0.3, 0.4) is 0 Å². The Bertz CT molecular complexity index is 802. The number of fused-ring (bicyclic) bond motifs is 1. The van der Waals surface area contributed by atoms with Crippen molar-refractivity contribution in [2.75, 3.05) is 39.9 Å². The standard InChI is InChI=1S/C26H38N2O2/c1-3-25(28-11-4-5-12-28)17-26-10-13-27(16-19-6-7-19)23(24(26)30-18-25)14-20-8-9-21(29-2)15-22(20)26/h8-9,15,19,23-24H,3-7,10-14,16-18H2,1-2H3/t23-,24?,25+,26-/m1/s1. The molecule has 2 aliphatic carbocycles. The molecule has 3 saturated heterocycles. The Hall–Kier alpha value is -1.10. The first-order valence-electron chi connectivity index (χ1n) is 12.5. The Kier molecular flexibility index (Phi) is 4.71. The Morgan fingerprint density at radius 1 is 1.17 bits per heavy atom. The molecule has 164 valence electrons. The van der Waals surface area contributed by atoms with Crippen LogP contribution in [0.5, 0.6) is 5.75 Å². The molecule has 1 saturated carbocycles. The summed E-state index contributed by atoms with van der Waals surface area (Å²) in [5.74, 6) is 1.95. The summed E-state index contributed by atoms with van der Waals surface area (Å²) in [6, 6.07) is 7.45. The first kappa shape index (κ1) is 19.6. The molecule has 0 spiro atoms. The molecule has 5 aliphatic rings. The fourth-order valence-electron chi connectivity index (χ4n) is 7.43. The van der Waals surface area contributed by atoms with Crippen LogP contribution >= 0.6 is 0 Å². The molecule has 0 radical (unpaired) electrons. The number of nitrogens with zero attached hydrogens (tertiary/aromatic N) is 2. The van der Waals surface area contributed by atoms with Gasteiger partial charge in [0.2, 0.25) is 0 Å². The maximum atomic E-state index is 7.00. The lowest BCUT2D eigenvalue weighted by Gasteiger charge is -2.63. The molecule has 4 heteroatoms. The molecule has 3 aliphatic heterocycles. The Morgan fingerprint density at radius 3 is 2.73 bits per heavy atom. The molecule has 3 heterocycles. The SMILES string of the molecule is CC[C@@]1(N2CCCC2)COC2[C@H]3Cc4ccc(OC)cc4[C@@]2(CCN3CC2CC2)C1. The fraction of sp³-hybridized carbons (Fsp3) is 0.769. The number of methoxy groups -OCH3 is 1. The summed E-state index contributed by atoms with van der Waals surface area (Å²) >= 11 is 0. The van der Waals surface area contributed by atoms with Crippen molar-refractivity contribution in [3.63, 3.8) is 0 Å². The summed E-state index contributed by atoms with van der Waals surface area (Å²) in [5, 5.41) is 0. The van der Waals surface area contributed by atoms with Crippen molar-refractivity contribution in [2.45, 2.75) is 81.4 Å². The quantitative estimate of drug-likeness (QED) is 0.732. The molecule has 2 bridgehead atoms. The molecular formula is C26H38N2O2. The van der Waals surface area contributed by atoms with E-state index in [-0.39, 0.29) is 11.0 Å². The van der Waals surface area contributed by atoms with Crippen molar-refractivity contribution in [2.24, 2.45) is 5.92 Å². The molecule has 1 aromatic carbocycles. The number of benzene rings is 1. The lowest BCUT2D eigenvalue weighted by Crippen LogP contribution is -2.71. The summed E-state index contributed by atoms with van der Waals surface area (Å²) in [6.07, 6.45) is 10.7. The lowest BCUT2D eigenvalue weighted by atomic mass is 9.55. The Balaban J connectivity index is 1.43. The molecule has 0 aromatic heterocycles. The van der Waals surface area contributed by atoms with Gasteiger partial charge in [-0.05, 0) is 100 Å².